The Balaban J connectivity index is 2.34. The number of nitrogens with one attached hydrogen (secondary N) is 1. The maximum absolute atomic E-state index is 12.6. The van der Waals surface area contributed by atoms with E-state index in [0.717, 1.165) is 18.6 Å². The molecule has 3 atom stereocenters. The second-order valence-electron chi connectivity index (χ2n) is 4.95. The van der Waals surface area contributed by atoms with Crippen molar-refractivity contribution in [1.29, 1.82) is 0 Å². The van der Waals surface area contributed by atoms with Crippen LogP contribution in [0.5, 0.6) is 0 Å². The third-order valence-electron chi connectivity index (χ3n) is 3.41. The minimum atomic E-state index is -4.01. The van der Waals surface area contributed by atoms with E-state index in [0.29, 0.717) is 18.9 Å². The molecule has 0 saturated heterocycles. The minimum Gasteiger partial charge on any atom is -0.311 e. The third kappa shape index (κ3) is 5.51. The molecule has 5 heteroatoms. The molecule has 1 aliphatic carbocycles. The molecule has 0 aromatic heterocycles. The predicted molar refractivity (Wildman–Crippen MR) is 67.4 cm³/mol. The smallest absolute Gasteiger partial charge is 0.311 e. The number of halogens is 3. The van der Waals surface area contributed by atoms with Crippen LogP contribution >= 0.6 is 11.8 Å². The highest BCUT2D eigenvalue weighted by Crippen LogP contribution is 2.37. The molecule has 1 rings (SSSR count). The number of rotatable bonds is 5. The lowest BCUT2D eigenvalue weighted by atomic mass is 9.85. The molecule has 1 fully saturated rings. The van der Waals surface area contributed by atoms with Gasteiger partial charge in [0, 0.05) is 12.1 Å². The molecule has 17 heavy (non-hydrogen) atoms. The number of hydrogen-bond acceptors (Lipinski definition) is 2. The molecular weight excluding hydrogens is 247 g/mol. The van der Waals surface area contributed by atoms with Crippen molar-refractivity contribution in [2.24, 2.45) is 5.92 Å². The highest BCUT2D eigenvalue weighted by molar-refractivity contribution is 7.98. The maximum Gasteiger partial charge on any atom is 0.391 e. The fourth-order valence-corrected chi connectivity index (χ4v) is 3.01. The standard InChI is InChI=1S/C12H22F3NS/c1-9(6-7-17-2)16-11-5-3-4-10(8-11)12(13,14)15/h9-11,16H,3-8H2,1-2H3. The first kappa shape index (κ1) is 15.2. The molecular formula is C12H22F3NS. The molecule has 0 aromatic carbocycles. The van der Waals surface area contributed by atoms with Crippen LogP contribution in [0.15, 0.2) is 0 Å². The van der Waals surface area contributed by atoms with Gasteiger partial charge in [-0.25, -0.2) is 0 Å². The molecule has 0 amide bonds. The van der Waals surface area contributed by atoms with Crippen molar-refractivity contribution in [3.05, 3.63) is 0 Å². The van der Waals surface area contributed by atoms with Gasteiger partial charge in [-0.1, -0.05) is 6.42 Å². The average Bonchev–Trinajstić information content (AvgIpc) is 2.25. The summed E-state index contributed by atoms with van der Waals surface area (Å²) in [6, 6.07) is 0.367. The van der Waals surface area contributed by atoms with E-state index in [-0.39, 0.29) is 12.5 Å². The van der Waals surface area contributed by atoms with Crippen molar-refractivity contribution in [2.75, 3.05) is 12.0 Å². The van der Waals surface area contributed by atoms with Crippen LogP contribution in [-0.4, -0.2) is 30.3 Å². The Morgan fingerprint density at radius 1 is 1.35 bits per heavy atom. The highest BCUT2D eigenvalue weighted by Gasteiger charge is 2.42. The SMILES string of the molecule is CSCCC(C)NC1CCCC(C(F)(F)F)C1. The molecule has 1 N–H and O–H groups in total. The van der Waals surface area contributed by atoms with Gasteiger partial charge in [-0.15, -0.1) is 0 Å². The van der Waals surface area contributed by atoms with Gasteiger partial charge in [-0.2, -0.15) is 24.9 Å². The van der Waals surface area contributed by atoms with E-state index in [1.54, 1.807) is 11.8 Å². The zero-order valence-electron chi connectivity index (χ0n) is 10.5. The van der Waals surface area contributed by atoms with Crippen molar-refractivity contribution in [3.8, 4) is 0 Å². The van der Waals surface area contributed by atoms with Crippen LogP contribution in [0.1, 0.15) is 39.0 Å². The van der Waals surface area contributed by atoms with Gasteiger partial charge < -0.3 is 5.32 Å². The Morgan fingerprint density at radius 2 is 2.06 bits per heavy atom. The lowest BCUT2D eigenvalue weighted by Crippen LogP contribution is -2.42. The quantitative estimate of drug-likeness (QED) is 0.814. The van der Waals surface area contributed by atoms with E-state index >= 15 is 0 Å². The number of hydrogen-bond donors (Lipinski definition) is 1. The Hall–Kier alpha value is 0.100. The largest absolute Gasteiger partial charge is 0.391 e. The Labute approximate surface area is 106 Å². The van der Waals surface area contributed by atoms with Crippen LogP contribution in [0.25, 0.3) is 0 Å². The summed E-state index contributed by atoms with van der Waals surface area (Å²) in [5, 5.41) is 3.34. The average molecular weight is 269 g/mol. The first-order chi connectivity index (χ1) is 7.93. The summed E-state index contributed by atoms with van der Waals surface area (Å²) in [4.78, 5) is 0. The molecule has 0 heterocycles. The molecule has 1 saturated carbocycles. The number of alkyl halides is 3. The Bertz CT molecular complexity index is 220. The van der Waals surface area contributed by atoms with Crippen molar-refractivity contribution < 1.29 is 13.2 Å². The summed E-state index contributed by atoms with van der Waals surface area (Å²) in [6.07, 6.45) is 1.20. The molecule has 0 aromatic rings. The van der Waals surface area contributed by atoms with Gasteiger partial charge in [-0.3, -0.25) is 0 Å². The molecule has 0 aliphatic heterocycles. The van der Waals surface area contributed by atoms with Crippen LogP contribution in [0.2, 0.25) is 0 Å². The molecule has 3 unspecified atom stereocenters. The zero-order valence-corrected chi connectivity index (χ0v) is 11.3. The van der Waals surface area contributed by atoms with Crippen LogP contribution in [0.3, 0.4) is 0 Å². The van der Waals surface area contributed by atoms with Gasteiger partial charge in [-0.05, 0) is 44.6 Å². The van der Waals surface area contributed by atoms with Gasteiger partial charge in [0.25, 0.3) is 0 Å². The van der Waals surface area contributed by atoms with Gasteiger partial charge >= 0.3 is 6.18 Å². The van der Waals surface area contributed by atoms with E-state index in [1.165, 1.54) is 0 Å². The molecule has 0 bridgehead atoms. The van der Waals surface area contributed by atoms with Crippen molar-refractivity contribution in [2.45, 2.75) is 57.3 Å². The minimum absolute atomic E-state index is 0.0484. The fourth-order valence-electron chi connectivity index (χ4n) is 2.42. The predicted octanol–water partition coefficient (Wildman–Crippen LogP) is 3.84. The summed E-state index contributed by atoms with van der Waals surface area (Å²) in [5.41, 5.74) is 0. The summed E-state index contributed by atoms with van der Waals surface area (Å²) < 4.78 is 37.9. The molecule has 0 spiro atoms. The van der Waals surface area contributed by atoms with Crippen molar-refractivity contribution in [1.82, 2.24) is 5.32 Å². The third-order valence-corrected chi connectivity index (χ3v) is 4.06. The molecule has 1 nitrogen and oxygen atoms in total. The van der Waals surface area contributed by atoms with Gasteiger partial charge in [0.15, 0.2) is 0 Å². The lowest BCUT2D eigenvalue weighted by Gasteiger charge is -2.32. The van der Waals surface area contributed by atoms with Crippen molar-refractivity contribution in [3.63, 3.8) is 0 Å². The number of thioether (sulfide) groups is 1. The lowest BCUT2D eigenvalue weighted by molar-refractivity contribution is -0.183. The molecule has 0 radical (unpaired) electrons. The molecule has 102 valence electrons. The van der Waals surface area contributed by atoms with E-state index in [2.05, 4.69) is 12.2 Å². The normalized spacial score (nSPS) is 28.1. The van der Waals surface area contributed by atoms with Crippen LogP contribution in [0, 0.1) is 5.92 Å². The highest BCUT2D eigenvalue weighted by atomic mass is 32.2. The second-order valence-corrected chi connectivity index (χ2v) is 5.94. The van der Waals surface area contributed by atoms with Gasteiger partial charge in [0.05, 0.1) is 5.92 Å². The van der Waals surface area contributed by atoms with Crippen molar-refractivity contribution >= 4 is 11.8 Å². The van der Waals surface area contributed by atoms with Crippen LogP contribution < -0.4 is 5.32 Å². The molecule has 1 aliphatic rings. The zero-order chi connectivity index (χ0) is 12.9. The second kappa shape index (κ2) is 6.88. The Kier molecular flexibility index (Phi) is 6.13. The topological polar surface area (TPSA) is 12.0 Å². The van der Waals surface area contributed by atoms with Crippen LogP contribution in [-0.2, 0) is 0 Å². The van der Waals surface area contributed by atoms with Crippen LogP contribution in [0.4, 0.5) is 13.2 Å². The van der Waals surface area contributed by atoms with E-state index < -0.39 is 12.1 Å². The van der Waals surface area contributed by atoms with Gasteiger partial charge in [0.1, 0.15) is 0 Å². The van der Waals surface area contributed by atoms with E-state index in [4.69, 9.17) is 0 Å². The summed E-state index contributed by atoms with van der Waals surface area (Å²) >= 11 is 1.78. The summed E-state index contributed by atoms with van der Waals surface area (Å²) in [7, 11) is 0. The summed E-state index contributed by atoms with van der Waals surface area (Å²) in [5.74, 6) is -0.0367. The first-order valence-electron chi connectivity index (χ1n) is 6.25. The Morgan fingerprint density at radius 3 is 2.65 bits per heavy atom. The summed E-state index contributed by atoms with van der Waals surface area (Å²) in [6.45, 7) is 2.06. The maximum atomic E-state index is 12.6. The van der Waals surface area contributed by atoms with E-state index in [1.807, 2.05) is 6.26 Å². The van der Waals surface area contributed by atoms with E-state index in [9.17, 15) is 13.2 Å². The first-order valence-corrected chi connectivity index (χ1v) is 7.64. The monoisotopic (exact) mass is 269 g/mol. The fraction of sp³-hybridized carbons (Fsp3) is 1.00. The van der Waals surface area contributed by atoms with Gasteiger partial charge in [0.2, 0.25) is 0 Å².